The number of aromatic nitrogens is 1. The second-order valence-corrected chi connectivity index (χ2v) is 5.33. The summed E-state index contributed by atoms with van der Waals surface area (Å²) >= 11 is 1.29. The van der Waals surface area contributed by atoms with E-state index in [2.05, 4.69) is 4.98 Å². The molecule has 0 saturated heterocycles. The number of aryl methyl sites for hydroxylation is 2. The summed E-state index contributed by atoms with van der Waals surface area (Å²) < 4.78 is 18.7. The number of thiazole rings is 1. The van der Waals surface area contributed by atoms with Crippen LogP contribution in [0, 0.1) is 19.7 Å². The first-order valence-corrected chi connectivity index (χ1v) is 6.75. The second-order valence-electron chi connectivity index (χ2n) is 4.13. The van der Waals surface area contributed by atoms with Gasteiger partial charge in [-0.25, -0.2) is 14.2 Å². The zero-order valence-electron chi connectivity index (χ0n) is 11.0. The maximum Gasteiger partial charge on any atom is 0.358 e. The summed E-state index contributed by atoms with van der Waals surface area (Å²) in [6.07, 6.45) is 0. The smallest absolute Gasteiger partial charge is 0.358 e. The molecule has 1 heterocycles. The summed E-state index contributed by atoms with van der Waals surface area (Å²) in [5.41, 5.74) is 1.63. The van der Waals surface area contributed by atoms with E-state index < -0.39 is 5.97 Å². The SMILES string of the molecule is CCOC(=O)c1nc(-c2cc(C)ccc2F)sc1C. The highest BCUT2D eigenvalue weighted by Gasteiger charge is 2.18. The lowest BCUT2D eigenvalue weighted by Gasteiger charge is -2.00. The molecule has 0 bridgehead atoms. The van der Waals surface area contributed by atoms with Gasteiger partial charge in [-0.1, -0.05) is 11.6 Å². The third-order valence-electron chi connectivity index (χ3n) is 2.62. The van der Waals surface area contributed by atoms with Crippen LogP contribution in [-0.2, 0) is 4.74 Å². The van der Waals surface area contributed by atoms with Crippen molar-refractivity contribution in [3.05, 3.63) is 40.2 Å². The summed E-state index contributed by atoms with van der Waals surface area (Å²) in [6, 6.07) is 4.83. The maximum absolute atomic E-state index is 13.8. The molecule has 1 aromatic heterocycles. The molecule has 0 saturated carbocycles. The molecule has 0 N–H and O–H groups in total. The largest absolute Gasteiger partial charge is 0.461 e. The van der Waals surface area contributed by atoms with E-state index >= 15 is 0 Å². The van der Waals surface area contributed by atoms with Gasteiger partial charge in [-0.15, -0.1) is 11.3 Å². The van der Waals surface area contributed by atoms with Crippen molar-refractivity contribution in [2.24, 2.45) is 0 Å². The molecule has 2 aromatic rings. The Morgan fingerprint density at radius 2 is 2.16 bits per heavy atom. The van der Waals surface area contributed by atoms with Gasteiger partial charge in [0, 0.05) is 10.4 Å². The Balaban J connectivity index is 2.44. The number of hydrogen-bond acceptors (Lipinski definition) is 4. The average molecular weight is 279 g/mol. The molecule has 2 rings (SSSR count). The van der Waals surface area contributed by atoms with E-state index in [4.69, 9.17) is 4.74 Å². The number of hydrogen-bond donors (Lipinski definition) is 0. The molecule has 0 aliphatic carbocycles. The molecule has 0 fully saturated rings. The number of nitrogens with zero attached hydrogens (tertiary/aromatic N) is 1. The number of ether oxygens (including phenoxy) is 1. The third kappa shape index (κ3) is 2.81. The van der Waals surface area contributed by atoms with Gasteiger partial charge in [0.05, 0.1) is 6.61 Å². The van der Waals surface area contributed by atoms with Crippen molar-refractivity contribution < 1.29 is 13.9 Å². The number of carbonyl (C=O) groups excluding carboxylic acids is 1. The lowest BCUT2D eigenvalue weighted by atomic mass is 10.1. The molecule has 0 aliphatic heterocycles. The predicted octanol–water partition coefficient (Wildman–Crippen LogP) is 3.74. The quantitative estimate of drug-likeness (QED) is 0.803. The van der Waals surface area contributed by atoms with Gasteiger partial charge in [-0.2, -0.15) is 0 Å². The summed E-state index contributed by atoms with van der Waals surface area (Å²) in [5, 5.41) is 0.502. The topological polar surface area (TPSA) is 39.2 Å². The Hall–Kier alpha value is -1.75. The van der Waals surface area contributed by atoms with Gasteiger partial charge in [0.15, 0.2) is 5.69 Å². The maximum atomic E-state index is 13.8. The van der Waals surface area contributed by atoms with Crippen LogP contribution in [0.25, 0.3) is 10.6 Å². The van der Waals surface area contributed by atoms with Crippen LogP contribution in [0.3, 0.4) is 0 Å². The number of esters is 1. The molecule has 0 spiro atoms. The molecule has 100 valence electrons. The van der Waals surface area contributed by atoms with Crippen molar-refractivity contribution in [2.75, 3.05) is 6.61 Å². The van der Waals surface area contributed by atoms with Gasteiger partial charge in [0.25, 0.3) is 0 Å². The van der Waals surface area contributed by atoms with Crippen LogP contribution in [-0.4, -0.2) is 17.6 Å². The monoisotopic (exact) mass is 279 g/mol. The lowest BCUT2D eigenvalue weighted by Crippen LogP contribution is -2.06. The molecule has 0 radical (unpaired) electrons. The van der Waals surface area contributed by atoms with Gasteiger partial charge < -0.3 is 4.74 Å². The molecule has 0 aliphatic rings. The predicted molar refractivity (Wildman–Crippen MR) is 72.9 cm³/mol. The van der Waals surface area contributed by atoms with E-state index in [9.17, 15) is 9.18 Å². The van der Waals surface area contributed by atoms with Crippen LogP contribution in [0.5, 0.6) is 0 Å². The van der Waals surface area contributed by atoms with E-state index in [0.29, 0.717) is 17.2 Å². The molecule has 0 atom stereocenters. The summed E-state index contributed by atoms with van der Waals surface area (Å²) in [5.74, 6) is -0.801. The van der Waals surface area contributed by atoms with Crippen LogP contribution in [0.15, 0.2) is 18.2 Å². The third-order valence-corrected chi connectivity index (χ3v) is 3.62. The standard InChI is InChI=1S/C14H14FNO2S/c1-4-18-14(17)12-9(3)19-13(16-12)10-7-8(2)5-6-11(10)15/h5-7H,4H2,1-3H3. The number of carbonyl (C=O) groups is 1. The molecular formula is C14H14FNO2S. The van der Waals surface area contributed by atoms with Crippen molar-refractivity contribution in [3.63, 3.8) is 0 Å². The fourth-order valence-electron chi connectivity index (χ4n) is 1.70. The van der Waals surface area contributed by atoms with Crippen LogP contribution < -0.4 is 0 Å². The van der Waals surface area contributed by atoms with Crippen molar-refractivity contribution in [1.82, 2.24) is 4.98 Å². The normalized spacial score (nSPS) is 10.5. The van der Waals surface area contributed by atoms with Gasteiger partial charge >= 0.3 is 5.97 Å². The highest BCUT2D eigenvalue weighted by Crippen LogP contribution is 2.30. The number of rotatable bonds is 3. The highest BCUT2D eigenvalue weighted by atomic mass is 32.1. The van der Waals surface area contributed by atoms with Crippen molar-refractivity contribution in [2.45, 2.75) is 20.8 Å². The fraction of sp³-hybridized carbons (Fsp3) is 0.286. The Labute approximate surface area is 115 Å². The first-order chi connectivity index (χ1) is 9.02. The van der Waals surface area contributed by atoms with Crippen molar-refractivity contribution in [3.8, 4) is 10.6 Å². The minimum absolute atomic E-state index is 0.266. The van der Waals surface area contributed by atoms with E-state index in [0.717, 1.165) is 10.4 Å². The fourth-order valence-corrected chi connectivity index (χ4v) is 2.62. The average Bonchev–Trinajstić information content (AvgIpc) is 2.74. The zero-order valence-corrected chi connectivity index (χ0v) is 11.8. The van der Waals surface area contributed by atoms with Crippen LogP contribution >= 0.6 is 11.3 Å². The van der Waals surface area contributed by atoms with Crippen LogP contribution in [0.1, 0.15) is 27.9 Å². The Kier molecular flexibility index (Phi) is 3.95. The van der Waals surface area contributed by atoms with E-state index in [-0.39, 0.29) is 11.5 Å². The molecule has 0 amide bonds. The minimum atomic E-state index is -0.462. The zero-order chi connectivity index (χ0) is 14.0. The summed E-state index contributed by atoms with van der Waals surface area (Å²) in [6.45, 7) is 5.70. The lowest BCUT2D eigenvalue weighted by molar-refractivity contribution is 0.0519. The van der Waals surface area contributed by atoms with Gasteiger partial charge in [0.2, 0.25) is 0 Å². The Morgan fingerprint density at radius 1 is 1.42 bits per heavy atom. The van der Waals surface area contributed by atoms with Gasteiger partial charge in [0.1, 0.15) is 10.8 Å². The first kappa shape index (κ1) is 13.7. The van der Waals surface area contributed by atoms with Gasteiger partial charge in [-0.05, 0) is 32.9 Å². The van der Waals surface area contributed by atoms with Gasteiger partial charge in [-0.3, -0.25) is 0 Å². The summed E-state index contributed by atoms with van der Waals surface area (Å²) in [4.78, 5) is 16.6. The number of halogens is 1. The Morgan fingerprint density at radius 3 is 2.84 bits per heavy atom. The van der Waals surface area contributed by atoms with Crippen LogP contribution in [0.4, 0.5) is 4.39 Å². The van der Waals surface area contributed by atoms with E-state index in [1.807, 2.05) is 6.92 Å². The first-order valence-electron chi connectivity index (χ1n) is 5.94. The van der Waals surface area contributed by atoms with Crippen LogP contribution in [0.2, 0.25) is 0 Å². The minimum Gasteiger partial charge on any atom is -0.461 e. The molecule has 5 heteroatoms. The molecular weight excluding hydrogens is 265 g/mol. The highest BCUT2D eigenvalue weighted by molar-refractivity contribution is 7.15. The molecule has 1 aromatic carbocycles. The molecule has 0 unspecified atom stereocenters. The number of benzene rings is 1. The molecule has 19 heavy (non-hydrogen) atoms. The van der Waals surface area contributed by atoms with Crippen molar-refractivity contribution in [1.29, 1.82) is 0 Å². The second kappa shape index (κ2) is 5.48. The van der Waals surface area contributed by atoms with Crippen molar-refractivity contribution >= 4 is 17.3 Å². The van der Waals surface area contributed by atoms with E-state index in [1.54, 1.807) is 26.0 Å². The molecule has 3 nitrogen and oxygen atoms in total. The Bertz CT molecular complexity index is 622. The van der Waals surface area contributed by atoms with E-state index in [1.165, 1.54) is 17.4 Å². The summed E-state index contributed by atoms with van der Waals surface area (Å²) in [7, 11) is 0.